The molecule has 0 aliphatic carbocycles. The zero-order valence-corrected chi connectivity index (χ0v) is 13.9. The molecular formula is C18H24N4O2. The topological polar surface area (TPSA) is 78.2 Å². The molecule has 0 spiro atoms. The summed E-state index contributed by atoms with van der Waals surface area (Å²) in [4.78, 5) is 18.5. The van der Waals surface area contributed by atoms with E-state index in [1.165, 1.54) is 0 Å². The van der Waals surface area contributed by atoms with Gasteiger partial charge in [0, 0.05) is 45.0 Å². The lowest BCUT2D eigenvalue weighted by Crippen LogP contribution is -2.41. The summed E-state index contributed by atoms with van der Waals surface area (Å²) in [6.07, 6.45) is 6.03. The second-order valence-electron chi connectivity index (χ2n) is 6.57. The largest absolute Gasteiger partial charge is 0.381 e. The molecule has 1 amide bonds. The van der Waals surface area contributed by atoms with Crippen LogP contribution in [-0.4, -0.2) is 43.2 Å². The Bertz CT molecular complexity index is 599. The molecule has 0 radical (unpaired) electrons. The molecule has 0 bridgehead atoms. The quantitative estimate of drug-likeness (QED) is 0.912. The van der Waals surface area contributed by atoms with Crippen LogP contribution in [0.1, 0.15) is 37.8 Å². The predicted octanol–water partition coefficient (Wildman–Crippen LogP) is 1.85. The smallest absolute Gasteiger partial charge is 0.220 e. The first-order chi connectivity index (χ1) is 11.8. The highest BCUT2D eigenvalue weighted by molar-refractivity contribution is 5.76. The molecule has 0 unspecified atom stereocenters. The summed E-state index contributed by atoms with van der Waals surface area (Å²) < 4.78 is 5.32. The minimum atomic E-state index is 0.166. The van der Waals surface area contributed by atoms with E-state index in [0.29, 0.717) is 18.0 Å². The van der Waals surface area contributed by atoms with E-state index in [-0.39, 0.29) is 11.9 Å². The summed E-state index contributed by atoms with van der Waals surface area (Å²) in [5, 5.41) is 12.3. The summed E-state index contributed by atoms with van der Waals surface area (Å²) in [6.45, 7) is 3.23. The normalized spacial score (nSPS) is 19.7. The van der Waals surface area contributed by atoms with Crippen molar-refractivity contribution in [2.75, 3.05) is 31.2 Å². The van der Waals surface area contributed by atoms with Crippen LogP contribution in [0.5, 0.6) is 0 Å². The van der Waals surface area contributed by atoms with Gasteiger partial charge in [-0.3, -0.25) is 4.79 Å². The Hall–Kier alpha value is -2.13. The molecule has 3 heterocycles. The van der Waals surface area contributed by atoms with Crippen molar-refractivity contribution in [3.8, 4) is 6.07 Å². The van der Waals surface area contributed by atoms with Crippen LogP contribution in [0.4, 0.5) is 5.69 Å². The van der Waals surface area contributed by atoms with E-state index >= 15 is 0 Å². The van der Waals surface area contributed by atoms with Crippen LogP contribution in [-0.2, 0) is 9.53 Å². The molecule has 6 heteroatoms. The van der Waals surface area contributed by atoms with Gasteiger partial charge in [-0.2, -0.15) is 5.26 Å². The van der Waals surface area contributed by atoms with Crippen molar-refractivity contribution in [3.05, 3.63) is 24.0 Å². The first-order valence-corrected chi connectivity index (χ1v) is 8.73. The second-order valence-corrected chi connectivity index (χ2v) is 6.57. The van der Waals surface area contributed by atoms with Crippen molar-refractivity contribution >= 4 is 11.6 Å². The average Bonchev–Trinajstić information content (AvgIpc) is 2.63. The van der Waals surface area contributed by atoms with Crippen molar-refractivity contribution < 1.29 is 9.53 Å². The monoisotopic (exact) mass is 328 g/mol. The number of hydrogen-bond acceptors (Lipinski definition) is 5. The molecule has 0 saturated carbocycles. The zero-order chi connectivity index (χ0) is 16.8. The highest BCUT2D eigenvalue weighted by Crippen LogP contribution is 2.26. The fourth-order valence-corrected chi connectivity index (χ4v) is 3.51. The Balaban J connectivity index is 1.46. The maximum Gasteiger partial charge on any atom is 0.220 e. The van der Waals surface area contributed by atoms with Crippen LogP contribution in [0.2, 0.25) is 0 Å². The van der Waals surface area contributed by atoms with Gasteiger partial charge in [0.05, 0.1) is 5.69 Å². The minimum absolute atomic E-state index is 0.166. The van der Waals surface area contributed by atoms with Crippen molar-refractivity contribution in [1.82, 2.24) is 10.3 Å². The van der Waals surface area contributed by atoms with E-state index in [1.807, 2.05) is 12.1 Å². The number of rotatable bonds is 4. The van der Waals surface area contributed by atoms with Gasteiger partial charge in [0.2, 0.25) is 5.91 Å². The molecule has 1 aromatic rings. The number of hydrogen-bond donors (Lipinski definition) is 1. The number of aromatic nitrogens is 1. The SMILES string of the molecule is N#Cc1ncccc1N1CCC(CC(=O)NC2CCOCC2)CC1. The molecule has 2 saturated heterocycles. The van der Waals surface area contributed by atoms with Gasteiger partial charge in [-0.25, -0.2) is 4.98 Å². The number of anilines is 1. The van der Waals surface area contributed by atoms with E-state index in [4.69, 9.17) is 4.74 Å². The summed E-state index contributed by atoms with van der Waals surface area (Å²) in [5.41, 5.74) is 1.39. The van der Waals surface area contributed by atoms with E-state index in [9.17, 15) is 10.1 Å². The van der Waals surface area contributed by atoms with Gasteiger partial charge in [-0.1, -0.05) is 0 Å². The van der Waals surface area contributed by atoms with Crippen molar-refractivity contribution in [3.63, 3.8) is 0 Å². The Kier molecular flexibility index (Phi) is 5.65. The third-order valence-electron chi connectivity index (χ3n) is 4.91. The fraction of sp³-hybridized carbons (Fsp3) is 0.611. The lowest BCUT2D eigenvalue weighted by molar-refractivity contribution is -0.123. The number of nitrogens with one attached hydrogen (secondary N) is 1. The third-order valence-corrected chi connectivity index (χ3v) is 4.91. The number of amides is 1. The predicted molar refractivity (Wildman–Crippen MR) is 90.5 cm³/mol. The van der Waals surface area contributed by atoms with E-state index in [1.54, 1.807) is 6.20 Å². The molecule has 0 aromatic carbocycles. The third kappa shape index (κ3) is 4.24. The van der Waals surface area contributed by atoms with Gasteiger partial charge >= 0.3 is 0 Å². The molecule has 6 nitrogen and oxygen atoms in total. The number of pyridine rings is 1. The van der Waals surface area contributed by atoms with Crippen LogP contribution < -0.4 is 10.2 Å². The van der Waals surface area contributed by atoms with Crippen LogP contribution in [0.15, 0.2) is 18.3 Å². The molecule has 3 rings (SSSR count). The zero-order valence-electron chi connectivity index (χ0n) is 13.9. The van der Waals surface area contributed by atoms with Gasteiger partial charge in [0.15, 0.2) is 5.69 Å². The molecule has 128 valence electrons. The highest BCUT2D eigenvalue weighted by Gasteiger charge is 2.24. The molecule has 0 atom stereocenters. The number of nitriles is 1. The summed E-state index contributed by atoms with van der Waals surface area (Å²) >= 11 is 0. The number of ether oxygens (including phenoxy) is 1. The number of carbonyl (C=O) groups is 1. The van der Waals surface area contributed by atoms with Crippen LogP contribution in [0, 0.1) is 17.2 Å². The highest BCUT2D eigenvalue weighted by atomic mass is 16.5. The Morgan fingerprint density at radius 1 is 1.33 bits per heavy atom. The number of piperidine rings is 1. The standard InChI is InChI=1S/C18H24N4O2/c19-13-16-17(2-1-7-20-16)22-8-3-14(4-9-22)12-18(23)21-15-5-10-24-11-6-15/h1-2,7,14-15H,3-6,8-12H2,(H,21,23). The summed E-state index contributed by atoms with van der Waals surface area (Å²) in [5.74, 6) is 0.586. The Labute approximate surface area is 142 Å². The first-order valence-electron chi connectivity index (χ1n) is 8.73. The minimum Gasteiger partial charge on any atom is -0.381 e. The van der Waals surface area contributed by atoms with Crippen molar-refractivity contribution in [1.29, 1.82) is 5.26 Å². The summed E-state index contributed by atoms with van der Waals surface area (Å²) in [6, 6.07) is 6.25. The first kappa shape index (κ1) is 16.7. The average molecular weight is 328 g/mol. The number of nitrogens with zero attached hydrogens (tertiary/aromatic N) is 3. The molecule has 24 heavy (non-hydrogen) atoms. The fourth-order valence-electron chi connectivity index (χ4n) is 3.51. The molecule has 1 N–H and O–H groups in total. The van der Waals surface area contributed by atoms with Crippen LogP contribution in [0.3, 0.4) is 0 Å². The molecule has 2 aliphatic rings. The Morgan fingerprint density at radius 2 is 2.08 bits per heavy atom. The van der Waals surface area contributed by atoms with Gasteiger partial charge < -0.3 is 15.0 Å². The van der Waals surface area contributed by atoms with Crippen LogP contribution >= 0.6 is 0 Å². The van der Waals surface area contributed by atoms with Gasteiger partial charge in [-0.05, 0) is 43.7 Å². The van der Waals surface area contributed by atoms with Gasteiger partial charge in [0.25, 0.3) is 0 Å². The van der Waals surface area contributed by atoms with Gasteiger partial charge in [-0.15, -0.1) is 0 Å². The van der Waals surface area contributed by atoms with E-state index < -0.39 is 0 Å². The van der Waals surface area contributed by atoms with Gasteiger partial charge in [0.1, 0.15) is 6.07 Å². The van der Waals surface area contributed by atoms with E-state index in [0.717, 1.165) is 57.7 Å². The summed E-state index contributed by atoms with van der Waals surface area (Å²) in [7, 11) is 0. The lowest BCUT2D eigenvalue weighted by atomic mass is 9.92. The van der Waals surface area contributed by atoms with Crippen molar-refractivity contribution in [2.24, 2.45) is 5.92 Å². The molecule has 1 aromatic heterocycles. The maximum absolute atomic E-state index is 12.2. The number of carbonyl (C=O) groups excluding carboxylic acids is 1. The van der Waals surface area contributed by atoms with E-state index in [2.05, 4.69) is 21.3 Å². The molecule has 2 aliphatic heterocycles. The maximum atomic E-state index is 12.2. The molecule has 2 fully saturated rings. The lowest BCUT2D eigenvalue weighted by Gasteiger charge is -2.34. The molecular weight excluding hydrogens is 304 g/mol. The van der Waals surface area contributed by atoms with Crippen LogP contribution in [0.25, 0.3) is 0 Å². The Morgan fingerprint density at radius 3 is 2.79 bits per heavy atom. The second kappa shape index (κ2) is 8.11. The van der Waals surface area contributed by atoms with Crippen molar-refractivity contribution in [2.45, 2.75) is 38.1 Å².